The first-order valence-electron chi connectivity index (χ1n) is 6.61. The van der Waals surface area contributed by atoms with Crippen LogP contribution in [0.15, 0.2) is 0 Å². The number of carbonyl (C=O) groups is 1. The number of unbranched alkanes of at least 4 members (excludes halogenated alkanes) is 1. The lowest BCUT2D eigenvalue weighted by Crippen LogP contribution is -2.33. The minimum absolute atomic E-state index is 0.236. The van der Waals surface area contributed by atoms with Gasteiger partial charge in [-0.1, -0.05) is 27.2 Å². The van der Waals surface area contributed by atoms with Gasteiger partial charge in [0.15, 0.2) is 0 Å². The van der Waals surface area contributed by atoms with E-state index >= 15 is 0 Å². The summed E-state index contributed by atoms with van der Waals surface area (Å²) < 4.78 is 5.40. The highest BCUT2D eigenvalue weighted by Crippen LogP contribution is 1.99. The van der Waals surface area contributed by atoms with Gasteiger partial charge in [-0.25, -0.2) is 0 Å². The van der Waals surface area contributed by atoms with Crippen LogP contribution in [0.5, 0.6) is 0 Å². The van der Waals surface area contributed by atoms with Crippen molar-refractivity contribution in [2.24, 2.45) is 0 Å². The third kappa shape index (κ3) is 7.69. The Bertz CT molecular complexity index is 165. The van der Waals surface area contributed by atoms with E-state index in [9.17, 15) is 4.79 Å². The molecule has 0 aliphatic heterocycles. The number of amides is 1. The van der Waals surface area contributed by atoms with Crippen LogP contribution in [0.25, 0.3) is 0 Å². The SMILES string of the molecule is CCCCOCCC(=O)N(CCC)CCC. The van der Waals surface area contributed by atoms with Gasteiger partial charge >= 0.3 is 0 Å². The van der Waals surface area contributed by atoms with Crippen LogP contribution in [0.4, 0.5) is 0 Å². The van der Waals surface area contributed by atoms with Gasteiger partial charge < -0.3 is 9.64 Å². The van der Waals surface area contributed by atoms with E-state index in [1.165, 1.54) is 0 Å². The van der Waals surface area contributed by atoms with Gasteiger partial charge in [0.25, 0.3) is 0 Å². The zero-order valence-electron chi connectivity index (χ0n) is 11.1. The van der Waals surface area contributed by atoms with E-state index in [0.29, 0.717) is 13.0 Å². The molecule has 1 amide bonds. The predicted molar refractivity (Wildman–Crippen MR) is 67.5 cm³/mol. The quantitative estimate of drug-likeness (QED) is 0.539. The van der Waals surface area contributed by atoms with Crippen molar-refractivity contribution < 1.29 is 9.53 Å². The van der Waals surface area contributed by atoms with Crippen molar-refractivity contribution in [3.8, 4) is 0 Å². The summed E-state index contributed by atoms with van der Waals surface area (Å²) in [4.78, 5) is 13.7. The van der Waals surface area contributed by atoms with Gasteiger partial charge in [0.2, 0.25) is 5.91 Å². The molecule has 0 saturated heterocycles. The molecular weight excluding hydrogens is 202 g/mol. The Hall–Kier alpha value is -0.570. The molecule has 0 atom stereocenters. The highest BCUT2D eigenvalue weighted by atomic mass is 16.5. The summed E-state index contributed by atoms with van der Waals surface area (Å²) >= 11 is 0. The number of nitrogens with zero attached hydrogens (tertiary/aromatic N) is 1. The number of hydrogen-bond acceptors (Lipinski definition) is 2. The average molecular weight is 229 g/mol. The molecule has 0 aromatic carbocycles. The fourth-order valence-electron chi connectivity index (χ4n) is 1.57. The molecule has 0 bridgehead atoms. The lowest BCUT2D eigenvalue weighted by atomic mass is 10.3. The summed E-state index contributed by atoms with van der Waals surface area (Å²) in [6.07, 6.45) is 4.82. The minimum atomic E-state index is 0.236. The highest BCUT2D eigenvalue weighted by Gasteiger charge is 2.10. The van der Waals surface area contributed by atoms with Crippen molar-refractivity contribution in [1.82, 2.24) is 4.90 Å². The van der Waals surface area contributed by atoms with Crippen LogP contribution in [0.3, 0.4) is 0 Å². The summed E-state index contributed by atoms with van der Waals surface area (Å²) in [5.41, 5.74) is 0. The second-order valence-electron chi connectivity index (χ2n) is 4.10. The molecule has 0 fully saturated rings. The maximum Gasteiger partial charge on any atom is 0.224 e. The highest BCUT2D eigenvalue weighted by molar-refractivity contribution is 5.76. The third-order valence-electron chi connectivity index (χ3n) is 2.44. The topological polar surface area (TPSA) is 29.5 Å². The van der Waals surface area contributed by atoms with E-state index in [1.807, 2.05) is 4.90 Å². The molecule has 0 unspecified atom stereocenters. The standard InChI is InChI=1S/C13H27NO2/c1-4-7-11-16-12-8-13(15)14(9-5-2)10-6-3/h4-12H2,1-3H3. The second-order valence-corrected chi connectivity index (χ2v) is 4.10. The lowest BCUT2D eigenvalue weighted by molar-refractivity contribution is -0.132. The molecule has 0 spiro atoms. The first-order chi connectivity index (χ1) is 7.76. The zero-order valence-corrected chi connectivity index (χ0v) is 11.1. The van der Waals surface area contributed by atoms with Gasteiger partial charge in [-0.3, -0.25) is 4.79 Å². The first kappa shape index (κ1) is 15.4. The summed E-state index contributed by atoms with van der Waals surface area (Å²) in [5.74, 6) is 0.236. The average Bonchev–Trinajstić information content (AvgIpc) is 2.28. The van der Waals surface area contributed by atoms with Crippen molar-refractivity contribution in [3.63, 3.8) is 0 Å². The molecule has 3 nitrogen and oxygen atoms in total. The molecule has 0 heterocycles. The smallest absolute Gasteiger partial charge is 0.224 e. The number of carbonyl (C=O) groups excluding carboxylic acids is 1. The normalized spacial score (nSPS) is 10.4. The Kier molecular flexibility index (Phi) is 10.5. The van der Waals surface area contributed by atoms with Gasteiger partial charge in [0, 0.05) is 19.7 Å². The van der Waals surface area contributed by atoms with Gasteiger partial charge in [0.05, 0.1) is 13.0 Å². The molecule has 0 aromatic rings. The van der Waals surface area contributed by atoms with Crippen LogP contribution in [0.1, 0.15) is 52.9 Å². The Labute approximate surface area is 100 Å². The van der Waals surface area contributed by atoms with Gasteiger partial charge in [-0.2, -0.15) is 0 Å². The molecular formula is C13H27NO2. The van der Waals surface area contributed by atoms with Gasteiger partial charge in [0.1, 0.15) is 0 Å². The monoisotopic (exact) mass is 229 g/mol. The van der Waals surface area contributed by atoms with Crippen LogP contribution in [-0.2, 0) is 9.53 Å². The molecule has 0 aliphatic carbocycles. The molecule has 0 N–H and O–H groups in total. The minimum Gasteiger partial charge on any atom is -0.381 e. The second kappa shape index (κ2) is 10.9. The summed E-state index contributed by atoms with van der Waals surface area (Å²) in [6, 6.07) is 0. The van der Waals surface area contributed by atoms with Crippen LogP contribution >= 0.6 is 0 Å². The third-order valence-corrected chi connectivity index (χ3v) is 2.44. The fraction of sp³-hybridized carbons (Fsp3) is 0.923. The molecule has 0 aromatic heterocycles. The van der Waals surface area contributed by atoms with E-state index in [-0.39, 0.29) is 5.91 Å². The van der Waals surface area contributed by atoms with Gasteiger partial charge in [-0.15, -0.1) is 0 Å². The Morgan fingerprint density at radius 3 is 2.12 bits per heavy atom. The van der Waals surface area contributed by atoms with Crippen LogP contribution in [0.2, 0.25) is 0 Å². The molecule has 96 valence electrons. The number of hydrogen-bond donors (Lipinski definition) is 0. The molecule has 0 radical (unpaired) electrons. The van der Waals surface area contributed by atoms with E-state index in [1.54, 1.807) is 0 Å². The van der Waals surface area contributed by atoms with Crippen molar-refractivity contribution in [2.75, 3.05) is 26.3 Å². The summed E-state index contributed by atoms with van der Waals surface area (Å²) in [5, 5.41) is 0. The fourth-order valence-corrected chi connectivity index (χ4v) is 1.57. The largest absolute Gasteiger partial charge is 0.381 e. The van der Waals surface area contributed by atoms with Crippen LogP contribution in [0, 0.1) is 0 Å². The van der Waals surface area contributed by atoms with E-state index < -0.39 is 0 Å². The van der Waals surface area contributed by atoms with Gasteiger partial charge in [-0.05, 0) is 19.3 Å². The van der Waals surface area contributed by atoms with Crippen molar-refractivity contribution in [2.45, 2.75) is 52.9 Å². The zero-order chi connectivity index (χ0) is 12.2. The maximum absolute atomic E-state index is 11.8. The molecule has 3 heteroatoms. The van der Waals surface area contributed by atoms with Crippen molar-refractivity contribution in [3.05, 3.63) is 0 Å². The maximum atomic E-state index is 11.8. The number of ether oxygens (including phenoxy) is 1. The Morgan fingerprint density at radius 2 is 1.62 bits per heavy atom. The van der Waals surface area contributed by atoms with Crippen molar-refractivity contribution in [1.29, 1.82) is 0 Å². The molecule has 0 saturated carbocycles. The number of rotatable bonds is 10. The van der Waals surface area contributed by atoms with Crippen molar-refractivity contribution >= 4 is 5.91 Å². The molecule has 0 rings (SSSR count). The summed E-state index contributed by atoms with van der Waals surface area (Å²) in [7, 11) is 0. The van der Waals surface area contributed by atoms with E-state index in [2.05, 4.69) is 20.8 Å². The van der Waals surface area contributed by atoms with E-state index in [4.69, 9.17) is 4.74 Å². The summed E-state index contributed by atoms with van der Waals surface area (Å²) in [6.45, 7) is 9.46. The Morgan fingerprint density at radius 1 is 1.00 bits per heavy atom. The van der Waals surface area contributed by atoms with Crippen LogP contribution < -0.4 is 0 Å². The first-order valence-corrected chi connectivity index (χ1v) is 6.61. The van der Waals surface area contributed by atoms with E-state index in [0.717, 1.165) is 45.4 Å². The molecule has 16 heavy (non-hydrogen) atoms. The lowest BCUT2D eigenvalue weighted by Gasteiger charge is -2.21. The predicted octanol–water partition coefficient (Wildman–Crippen LogP) is 2.84. The Balaban J connectivity index is 3.65. The van der Waals surface area contributed by atoms with Crippen LogP contribution in [-0.4, -0.2) is 37.1 Å². The molecule has 0 aliphatic rings.